The lowest BCUT2D eigenvalue weighted by molar-refractivity contribution is 0.0931. The molecule has 0 radical (unpaired) electrons. The van der Waals surface area contributed by atoms with E-state index in [4.69, 9.17) is 14.9 Å². The zero-order valence-electron chi connectivity index (χ0n) is 12.0. The molecule has 1 aromatic carbocycles. The molecule has 0 aliphatic heterocycles. The highest BCUT2D eigenvalue weighted by Gasteiger charge is 2.12. The summed E-state index contributed by atoms with van der Waals surface area (Å²) in [6.07, 6.45) is 1.24. The number of carbonyl (C=O) groups is 1. The molecule has 1 amide bonds. The Morgan fingerprint density at radius 2 is 2.18 bits per heavy atom. The van der Waals surface area contributed by atoms with Crippen molar-refractivity contribution in [3.8, 4) is 5.75 Å². The van der Waals surface area contributed by atoms with Gasteiger partial charge >= 0.3 is 0 Å². The Bertz CT molecular complexity index is 618. The average Bonchev–Trinajstić information content (AvgIpc) is 2.96. The highest BCUT2D eigenvalue weighted by atomic mass is 79.9. The Kier molecular flexibility index (Phi) is 7.44. The molecule has 7 heteroatoms. The smallest absolute Gasteiger partial charge is 0.254 e. The van der Waals surface area contributed by atoms with Crippen LogP contribution in [0.5, 0.6) is 5.75 Å². The molecule has 1 aromatic heterocycles. The maximum absolute atomic E-state index is 11.9. The summed E-state index contributed by atoms with van der Waals surface area (Å²) in [7, 11) is 0. The van der Waals surface area contributed by atoms with Gasteiger partial charge in [0.15, 0.2) is 0 Å². The van der Waals surface area contributed by atoms with Crippen LogP contribution in [0.25, 0.3) is 0 Å². The normalized spacial score (nSPS) is 11.4. The monoisotopic (exact) mass is 388 g/mol. The molecule has 2 rings (SSSR count). The average molecular weight is 390 g/mol. The van der Waals surface area contributed by atoms with Crippen molar-refractivity contribution in [3.63, 3.8) is 0 Å². The lowest BCUT2D eigenvalue weighted by atomic mass is 10.3. The number of ether oxygens (including phenoxy) is 1. The van der Waals surface area contributed by atoms with E-state index in [0.717, 1.165) is 10.2 Å². The third-order valence-electron chi connectivity index (χ3n) is 2.83. The second kappa shape index (κ2) is 8.82. The predicted molar refractivity (Wildman–Crippen MR) is 90.4 cm³/mol. The molecule has 0 bridgehead atoms. The van der Waals surface area contributed by atoms with Gasteiger partial charge in [-0.15, -0.1) is 12.4 Å². The zero-order chi connectivity index (χ0) is 15.2. The van der Waals surface area contributed by atoms with Gasteiger partial charge in [-0.3, -0.25) is 4.79 Å². The molecule has 2 aromatic rings. The van der Waals surface area contributed by atoms with E-state index in [1.807, 2.05) is 31.2 Å². The van der Waals surface area contributed by atoms with Crippen molar-refractivity contribution in [2.24, 2.45) is 5.73 Å². The van der Waals surface area contributed by atoms with Crippen LogP contribution in [0.15, 0.2) is 45.5 Å². The Balaban J connectivity index is 0.00000242. The molecule has 1 atom stereocenters. The van der Waals surface area contributed by atoms with Gasteiger partial charge in [0.05, 0.1) is 23.1 Å². The van der Waals surface area contributed by atoms with Crippen molar-refractivity contribution >= 4 is 34.2 Å². The number of hydrogen-bond acceptors (Lipinski definition) is 4. The SMILES string of the molecule is CC(CNC(=O)c1coc(CN)c1)Oc1ccccc1Br.Cl. The molecular weight excluding hydrogens is 372 g/mol. The van der Waals surface area contributed by atoms with E-state index in [9.17, 15) is 4.79 Å². The third-order valence-corrected chi connectivity index (χ3v) is 3.49. The van der Waals surface area contributed by atoms with Crippen LogP contribution in [-0.4, -0.2) is 18.6 Å². The summed E-state index contributed by atoms with van der Waals surface area (Å²) in [4.78, 5) is 11.9. The summed E-state index contributed by atoms with van der Waals surface area (Å²) in [6.45, 7) is 2.55. The van der Waals surface area contributed by atoms with Crippen LogP contribution in [0.2, 0.25) is 0 Å². The van der Waals surface area contributed by atoms with Gasteiger partial charge in [0.1, 0.15) is 23.9 Å². The van der Waals surface area contributed by atoms with Crippen molar-refractivity contribution in [2.45, 2.75) is 19.6 Å². The topological polar surface area (TPSA) is 77.5 Å². The molecule has 0 spiro atoms. The van der Waals surface area contributed by atoms with Gasteiger partial charge in [-0.05, 0) is 41.1 Å². The van der Waals surface area contributed by atoms with Crippen LogP contribution in [-0.2, 0) is 6.54 Å². The van der Waals surface area contributed by atoms with Gasteiger partial charge in [0, 0.05) is 0 Å². The minimum absolute atomic E-state index is 0. The second-order valence-corrected chi connectivity index (χ2v) is 5.43. The van der Waals surface area contributed by atoms with E-state index in [1.54, 1.807) is 6.07 Å². The highest BCUT2D eigenvalue weighted by Crippen LogP contribution is 2.24. The maximum Gasteiger partial charge on any atom is 0.254 e. The summed E-state index contributed by atoms with van der Waals surface area (Å²) in [6, 6.07) is 9.21. The number of nitrogens with two attached hydrogens (primary N) is 1. The molecular formula is C15H18BrClN2O3. The van der Waals surface area contributed by atoms with Gasteiger partial charge in [-0.25, -0.2) is 0 Å². The molecule has 0 aliphatic rings. The van der Waals surface area contributed by atoms with E-state index in [0.29, 0.717) is 17.9 Å². The first-order chi connectivity index (χ1) is 10.1. The standard InChI is InChI=1S/C15H17BrN2O3.ClH/c1-10(21-14-5-3-2-4-13(14)16)8-18-15(19)11-6-12(7-17)20-9-11;/h2-6,9-10H,7-8,17H2,1H3,(H,18,19);1H. The van der Waals surface area contributed by atoms with E-state index in [1.165, 1.54) is 6.26 Å². The molecule has 0 saturated carbocycles. The molecule has 0 saturated heterocycles. The van der Waals surface area contributed by atoms with Crippen molar-refractivity contribution in [1.29, 1.82) is 0 Å². The van der Waals surface area contributed by atoms with E-state index >= 15 is 0 Å². The molecule has 0 fully saturated rings. The van der Waals surface area contributed by atoms with Crippen LogP contribution in [0.1, 0.15) is 23.0 Å². The Morgan fingerprint density at radius 1 is 1.45 bits per heavy atom. The number of nitrogens with one attached hydrogen (secondary N) is 1. The quantitative estimate of drug-likeness (QED) is 0.796. The number of carbonyl (C=O) groups excluding carboxylic acids is 1. The minimum atomic E-state index is -0.207. The summed E-state index contributed by atoms with van der Waals surface area (Å²) in [5.74, 6) is 1.12. The van der Waals surface area contributed by atoms with Crippen molar-refractivity contribution < 1.29 is 13.9 Å². The number of benzene rings is 1. The van der Waals surface area contributed by atoms with E-state index in [-0.39, 0.29) is 31.0 Å². The minimum Gasteiger partial charge on any atom is -0.488 e. The summed E-state index contributed by atoms with van der Waals surface area (Å²) in [5, 5.41) is 2.80. The fraction of sp³-hybridized carbons (Fsp3) is 0.267. The van der Waals surface area contributed by atoms with Crippen LogP contribution >= 0.6 is 28.3 Å². The molecule has 1 heterocycles. The first-order valence-electron chi connectivity index (χ1n) is 6.57. The number of hydrogen-bond donors (Lipinski definition) is 2. The molecule has 0 aliphatic carbocycles. The molecule has 22 heavy (non-hydrogen) atoms. The summed E-state index contributed by atoms with van der Waals surface area (Å²) >= 11 is 3.42. The molecule has 1 unspecified atom stereocenters. The van der Waals surface area contributed by atoms with E-state index < -0.39 is 0 Å². The first kappa shape index (κ1) is 18.5. The summed E-state index contributed by atoms with van der Waals surface area (Å²) < 4.78 is 11.8. The van der Waals surface area contributed by atoms with Crippen molar-refractivity contribution in [3.05, 3.63) is 52.4 Å². The lowest BCUT2D eigenvalue weighted by Crippen LogP contribution is -2.33. The third kappa shape index (κ3) is 5.05. The Hall–Kier alpha value is -1.50. The fourth-order valence-corrected chi connectivity index (χ4v) is 2.12. The Morgan fingerprint density at radius 3 is 2.82 bits per heavy atom. The van der Waals surface area contributed by atoms with Crippen LogP contribution in [0.4, 0.5) is 0 Å². The summed E-state index contributed by atoms with van der Waals surface area (Å²) in [5.41, 5.74) is 5.90. The van der Waals surface area contributed by atoms with E-state index in [2.05, 4.69) is 21.2 Å². The fourth-order valence-electron chi connectivity index (χ4n) is 1.74. The van der Waals surface area contributed by atoms with Gasteiger partial charge in [-0.2, -0.15) is 0 Å². The van der Waals surface area contributed by atoms with Crippen molar-refractivity contribution in [2.75, 3.05) is 6.54 Å². The second-order valence-electron chi connectivity index (χ2n) is 4.57. The van der Waals surface area contributed by atoms with Crippen LogP contribution < -0.4 is 15.8 Å². The van der Waals surface area contributed by atoms with Gasteiger partial charge in [0.25, 0.3) is 5.91 Å². The van der Waals surface area contributed by atoms with Gasteiger partial charge in [0.2, 0.25) is 0 Å². The molecule has 5 nitrogen and oxygen atoms in total. The molecule has 3 N–H and O–H groups in total. The number of rotatable bonds is 6. The number of para-hydroxylation sites is 1. The highest BCUT2D eigenvalue weighted by molar-refractivity contribution is 9.10. The Labute approximate surface area is 143 Å². The van der Waals surface area contributed by atoms with Crippen molar-refractivity contribution in [1.82, 2.24) is 5.32 Å². The lowest BCUT2D eigenvalue weighted by Gasteiger charge is -2.16. The number of halogens is 2. The first-order valence-corrected chi connectivity index (χ1v) is 7.36. The van der Waals surface area contributed by atoms with Gasteiger partial charge in [-0.1, -0.05) is 12.1 Å². The number of furan rings is 1. The zero-order valence-corrected chi connectivity index (χ0v) is 14.4. The molecule has 120 valence electrons. The van der Waals surface area contributed by atoms with Gasteiger partial charge < -0.3 is 20.2 Å². The predicted octanol–water partition coefficient (Wildman–Crippen LogP) is 3.12. The van der Waals surface area contributed by atoms with Crippen LogP contribution in [0, 0.1) is 0 Å². The maximum atomic E-state index is 11.9. The number of amides is 1. The largest absolute Gasteiger partial charge is 0.488 e. The van der Waals surface area contributed by atoms with Crippen LogP contribution in [0.3, 0.4) is 0 Å².